The Morgan fingerprint density at radius 1 is 1.15 bits per heavy atom. The molecule has 8 heteroatoms. The number of ether oxygens (including phenoxy) is 3. The molecular weight excluding hydrogens is 436 g/mol. The number of nitrogens with zero attached hydrogens (tertiary/aromatic N) is 3. The normalized spacial score (nSPS) is 16.1. The molecule has 3 aromatic rings. The van der Waals surface area contributed by atoms with Gasteiger partial charge in [-0.25, -0.2) is 9.97 Å². The van der Waals surface area contributed by atoms with Crippen LogP contribution < -0.4 is 19.6 Å². The van der Waals surface area contributed by atoms with E-state index in [4.69, 9.17) is 14.2 Å². The Morgan fingerprint density at radius 2 is 1.88 bits per heavy atom. The molecule has 0 saturated heterocycles. The predicted molar refractivity (Wildman–Crippen MR) is 134 cm³/mol. The fraction of sp³-hybridized carbons (Fsp3) is 0.480. The number of fused-ring (bicyclic) bond motifs is 3. The second-order valence-electron chi connectivity index (χ2n) is 9.02. The largest absolute Gasteiger partial charge is 0.493 e. The van der Waals surface area contributed by atoms with Gasteiger partial charge in [0.25, 0.3) is 0 Å². The number of methoxy groups -OCH3 is 3. The molecule has 2 aromatic heterocycles. The van der Waals surface area contributed by atoms with Gasteiger partial charge in [0, 0.05) is 10.4 Å². The van der Waals surface area contributed by atoms with E-state index in [1.165, 1.54) is 23.3 Å². The van der Waals surface area contributed by atoms with Gasteiger partial charge in [-0.2, -0.15) is 5.10 Å². The number of aromatic nitrogens is 2. The zero-order chi connectivity index (χ0) is 23.6. The molecule has 1 aromatic carbocycles. The van der Waals surface area contributed by atoms with Crippen molar-refractivity contribution >= 4 is 33.6 Å². The Bertz CT molecular complexity index is 1150. The van der Waals surface area contributed by atoms with Crippen LogP contribution in [0.5, 0.6) is 17.2 Å². The Morgan fingerprint density at radius 3 is 2.52 bits per heavy atom. The third-order valence-corrected chi connectivity index (χ3v) is 8.13. The van der Waals surface area contributed by atoms with Crippen molar-refractivity contribution in [2.45, 2.75) is 46.5 Å². The van der Waals surface area contributed by atoms with Gasteiger partial charge in [0.2, 0.25) is 5.75 Å². The minimum atomic E-state index is 0.319. The number of anilines is 1. The lowest BCUT2D eigenvalue weighted by molar-refractivity contribution is 0.184. The zero-order valence-corrected chi connectivity index (χ0v) is 21.0. The van der Waals surface area contributed by atoms with E-state index in [9.17, 15) is 0 Å². The predicted octanol–water partition coefficient (Wildman–Crippen LogP) is 5.70. The Labute approximate surface area is 199 Å². The number of hydrazone groups is 1. The maximum atomic E-state index is 5.43. The van der Waals surface area contributed by atoms with E-state index in [1.54, 1.807) is 45.2 Å². The summed E-state index contributed by atoms with van der Waals surface area (Å²) in [5.41, 5.74) is 5.68. The highest BCUT2D eigenvalue weighted by Gasteiger charge is 2.33. The Balaban J connectivity index is 1.63. The summed E-state index contributed by atoms with van der Waals surface area (Å²) >= 11 is 1.79. The highest BCUT2D eigenvalue weighted by atomic mass is 32.1. The first kappa shape index (κ1) is 23.3. The van der Waals surface area contributed by atoms with Gasteiger partial charge in [0.15, 0.2) is 17.3 Å². The van der Waals surface area contributed by atoms with E-state index < -0.39 is 0 Å². The van der Waals surface area contributed by atoms with Crippen molar-refractivity contribution in [2.75, 3.05) is 26.8 Å². The van der Waals surface area contributed by atoms with Crippen LogP contribution in [-0.2, 0) is 12.8 Å². The Hall–Kier alpha value is -2.87. The summed E-state index contributed by atoms with van der Waals surface area (Å²) in [5, 5.41) is 5.58. The lowest BCUT2D eigenvalue weighted by atomic mass is 9.69. The topological polar surface area (TPSA) is 77.9 Å². The van der Waals surface area contributed by atoms with Crippen molar-refractivity contribution in [3.8, 4) is 17.2 Å². The van der Waals surface area contributed by atoms with Crippen LogP contribution in [0.25, 0.3) is 10.2 Å². The van der Waals surface area contributed by atoms with Crippen LogP contribution in [0.2, 0.25) is 0 Å². The third kappa shape index (κ3) is 4.49. The van der Waals surface area contributed by atoms with Crippen molar-refractivity contribution in [3.05, 3.63) is 34.5 Å². The summed E-state index contributed by atoms with van der Waals surface area (Å²) in [6.07, 6.45) is 7.91. The van der Waals surface area contributed by atoms with Crippen LogP contribution in [0.1, 0.15) is 49.6 Å². The molecule has 0 fully saturated rings. The molecule has 0 radical (unpaired) electrons. The third-order valence-electron chi connectivity index (χ3n) is 6.93. The smallest absolute Gasteiger partial charge is 0.203 e. The van der Waals surface area contributed by atoms with Crippen molar-refractivity contribution in [1.82, 2.24) is 9.97 Å². The summed E-state index contributed by atoms with van der Waals surface area (Å²) in [5.74, 6) is 3.12. The molecule has 176 valence electrons. The second-order valence-corrected chi connectivity index (χ2v) is 10.1. The number of nitrogens with one attached hydrogen (secondary N) is 1. The van der Waals surface area contributed by atoms with Gasteiger partial charge in [-0.15, -0.1) is 11.3 Å². The number of rotatable bonds is 8. The van der Waals surface area contributed by atoms with Gasteiger partial charge in [0.1, 0.15) is 11.2 Å². The van der Waals surface area contributed by atoms with Gasteiger partial charge in [-0.05, 0) is 48.3 Å². The van der Waals surface area contributed by atoms with E-state index in [-0.39, 0.29) is 0 Å². The molecule has 2 heterocycles. The summed E-state index contributed by atoms with van der Waals surface area (Å²) in [6.45, 7) is 7.05. The van der Waals surface area contributed by atoms with Crippen LogP contribution in [-0.4, -0.2) is 37.5 Å². The summed E-state index contributed by atoms with van der Waals surface area (Å²) < 4.78 is 16.3. The van der Waals surface area contributed by atoms with Crippen molar-refractivity contribution < 1.29 is 14.2 Å². The quantitative estimate of drug-likeness (QED) is 0.337. The number of hydrogen-bond donors (Lipinski definition) is 1. The molecule has 0 aliphatic heterocycles. The number of aryl methyl sites for hydroxylation is 1. The number of benzene rings is 1. The lowest BCUT2D eigenvalue weighted by Gasteiger charge is -2.36. The van der Waals surface area contributed by atoms with Crippen LogP contribution in [0.3, 0.4) is 0 Å². The van der Waals surface area contributed by atoms with Crippen LogP contribution in [0.15, 0.2) is 23.6 Å². The number of hydrogen-bond acceptors (Lipinski definition) is 8. The standard InChI is InChI=1S/C25H32N4O3S/c1-7-25(2,3)16-8-9-20-17(12-16)21-23(26-14-27-24(21)33-20)29-28-13-15-10-18(30-4)22(32-6)19(11-15)31-5/h10-11,13-14,16H,7-9,12H2,1-6H3,(H,26,27,29)/b28-13-/t16-/m0/s1. The maximum Gasteiger partial charge on any atom is 0.203 e. The fourth-order valence-corrected chi connectivity index (χ4v) is 5.68. The fourth-order valence-electron chi connectivity index (χ4n) is 4.49. The summed E-state index contributed by atoms with van der Waals surface area (Å²) in [6, 6.07) is 3.71. The number of thiophene rings is 1. The molecule has 1 aliphatic carbocycles. The first-order chi connectivity index (χ1) is 15.9. The minimum absolute atomic E-state index is 0.319. The van der Waals surface area contributed by atoms with Crippen LogP contribution in [0.4, 0.5) is 5.82 Å². The average molecular weight is 469 g/mol. The van der Waals surface area contributed by atoms with E-state index in [0.29, 0.717) is 28.6 Å². The Kier molecular flexibility index (Phi) is 6.74. The average Bonchev–Trinajstić information content (AvgIpc) is 3.22. The van der Waals surface area contributed by atoms with Crippen molar-refractivity contribution in [3.63, 3.8) is 0 Å². The first-order valence-corrected chi connectivity index (χ1v) is 12.1. The highest BCUT2D eigenvalue weighted by molar-refractivity contribution is 7.19. The van der Waals surface area contributed by atoms with E-state index in [1.807, 2.05) is 12.1 Å². The molecule has 0 amide bonds. The molecule has 4 rings (SSSR count). The minimum Gasteiger partial charge on any atom is -0.493 e. The highest BCUT2D eigenvalue weighted by Crippen LogP contribution is 2.45. The SMILES string of the molecule is CCC(C)(C)[C@H]1CCc2sc3ncnc(N/N=C\c4cc(OC)c(OC)c(OC)c4)c3c2C1. The molecular formula is C25H32N4O3S. The van der Waals surface area contributed by atoms with Gasteiger partial charge in [-0.3, -0.25) is 5.43 Å². The van der Waals surface area contributed by atoms with Crippen molar-refractivity contribution in [2.24, 2.45) is 16.4 Å². The molecule has 33 heavy (non-hydrogen) atoms. The molecule has 1 N–H and O–H groups in total. The molecule has 0 bridgehead atoms. The lowest BCUT2D eigenvalue weighted by Crippen LogP contribution is -2.28. The molecule has 0 unspecified atom stereocenters. The van der Waals surface area contributed by atoms with Gasteiger partial charge in [-0.1, -0.05) is 27.2 Å². The molecule has 1 aliphatic rings. The molecule has 7 nitrogen and oxygen atoms in total. The monoisotopic (exact) mass is 468 g/mol. The van der Waals surface area contributed by atoms with Gasteiger partial charge in [0.05, 0.1) is 32.9 Å². The maximum absolute atomic E-state index is 5.43. The van der Waals surface area contributed by atoms with E-state index in [0.717, 1.165) is 34.4 Å². The molecule has 1 atom stereocenters. The van der Waals surface area contributed by atoms with E-state index >= 15 is 0 Å². The second kappa shape index (κ2) is 9.55. The summed E-state index contributed by atoms with van der Waals surface area (Å²) in [7, 11) is 4.78. The summed E-state index contributed by atoms with van der Waals surface area (Å²) in [4.78, 5) is 11.5. The van der Waals surface area contributed by atoms with Crippen LogP contribution in [0, 0.1) is 11.3 Å². The molecule has 0 spiro atoms. The van der Waals surface area contributed by atoms with Gasteiger partial charge >= 0.3 is 0 Å². The molecule has 0 saturated carbocycles. The van der Waals surface area contributed by atoms with Gasteiger partial charge < -0.3 is 14.2 Å². The zero-order valence-electron chi connectivity index (χ0n) is 20.2. The van der Waals surface area contributed by atoms with Crippen LogP contribution >= 0.6 is 11.3 Å². The van der Waals surface area contributed by atoms with E-state index in [2.05, 4.69) is 41.3 Å². The first-order valence-electron chi connectivity index (χ1n) is 11.3. The van der Waals surface area contributed by atoms with Crippen molar-refractivity contribution in [1.29, 1.82) is 0 Å².